The number of benzene rings is 2. The molecule has 0 atom stereocenters. The molecule has 0 aliphatic heterocycles. The first-order chi connectivity index (χ1) is 11.0. The van der Waals surface area contributed by atoms with Gasteiger partial charge < -0.3 is 15.4 Å². The van der Waals surface area contributed by atoms with Crippen molar-refractivity contribution < 1.29 is 14.3 Å². The molecule has 120 valence electrons. The average molecular weight is 353 g/mol. The molecule has 0 aliphatic carbocycles. The molecule has 0 fully saturated rings. The van der Waals surface area contributed by atoms with E-state index in [1.807, 2.05) is 0 Å². The topological polar surface area (TPSA) is 67.4 Å². The van der Waals surface area contributed by atoms with Crippen LogP contribution in [0.3, 0.4) is 0 Å². The lowest BCUT2D eigenvalue weighted by atomic mass is 10.2. The van der Waals surface area contributed by atoms with Crippen LogP contribution >= 0.6 is 23.2 Å². The van der Waals surface area contributed by atoms with E-state index >= 15 is 0 Å². The molecule has 0 heterocycles. The zero-order valence-electron chi connectivity index (χ0n) is 12.2. The number of anilines is 1. The number of hydrogen-bond acceptors (Lipinski definition) is 3. The van der Waals surface area contributed by atoms with Crippen molar-refractivity contribution in [3.05, 3.63) is 58.1 Å². The molecule has 0 aromatic heterocycles. The van der Waals surface area contributed by atoms with E-state index in [-0.39, 0.29) is 12.5 Å². The van der Waals surface area contributed by atoms with Crippen molar-refractivity contribution in [1.29, 1.82) is 0 Å². The third-order valence-electron chi connectivity index (χ3n) is 2.95. The van der Waals surface area contributed by atoms with Gasteiger partial charge in [0.25, 0.3) is 5.91 Å². The molecule has 2 N–H and O–H groups in total. The van der Waals surface area contributed by atoms with Crippen LogP contribution in [0.15, 0.2) is 42.5 Å². The van der Waals surface area contributed by atoms with E-state index in [1.165, 1.54) is 13.2 Å². The zero-order valence-corrected chi connectivity index (χ0v) is 13.7. The number of rotatable bonds is 5. The summed E-state index contributed by atoms with van der Waals surface area (Å²) >= 11 is 11.7. The highest BCUT2D eigenvalue weighted by molar-refractivity contribution is 6.36. The molecular formula is C16H14Cl2N2O3. The molecule has 0 unspecified atom stereocenters. The summed E-state index contributed by atoms with van der Waals surface area (Å²) in [5, 5.41) is 5.92. The van der Waals surface area contributed by atoms with E-state index < -0.39 is 5.91 Å². The Balaban J connectivity index is 1.92. The van der Waals surface area contributed by atoms with Crippen LogP contribution in [0.25, 0.3) is 0 Å². The number of carbonyl (C=O) groups is 2. The zero-order chi connectivity index (χ0) is 16.8. The second kappa shape index (κ2) is 7.85. The Morgan fingerprint density at radius 2 is 1.91 bits per heavy atom. The van der Waals surface area contributed by atoms with Crippen molar-refractivity contribution in [3.8, 4) is 5.75 Å². The molecule has 7 heteroatoms. The molecule has 2 amide bonds. The van der Waals surface area contributed by atoms with Crippen molar-refractivity contribution in [1.82, 2.24) is 5.32 Å². The van der Waals surface area contributed by atoms with Crippen LogP contribution in [0, 0.1) is 0 Å². The minimum Gasteiger partial charge on any atom is -0.497 e. The molecule has 2 aromatic rings. The van der Waals surface area contributed by atoms with Gasteiger partial charge in [0.05, 0.1) is 24.4 Å². The number of carbonyl (C=O) groups excluding carboxylic acids is 2. The van der Waals surface area contributed by atoms with E-state index in [9.17, 15) is 9.59 Å². The minimum absolute atomic E-state index is 0.186. The average Bonchev–Trinajstić information content (AvgIpc) is 2.55. The SMILES string of the molecule is COc1cccc(C(=O)NCC(=O)Nc2ccc(Cl)cc2Cl)c1. The summed E-state index contributed by atoms with van der Waals surface area (Å²) in [6.45, 7) is -0.186. The highest BCUT2D eigenvalue weighted by Crippen LogP contribution is 2.25. The van der Waals surface area contributed by atoms with Crippen LogP contribution in [-0.4, -0.2) is 25.5 Å². The molecule has 2 rings (SSSR count). The minimum atomic E-state index is -0.398. The van der Waals surface area contributed by atoms with E-state index in [0.717, 1.165) is 0 Å². The quantitative estimate of drug-likeness (QED) is 0.866. The van der Waals surface area contributed by atoms with Crippen molar-refractivity contribution >= 4 is 40.7 Å². The third kappa shape index (κ3) is 4.87. The fourth-order valence-electron chi connectivity index (χ4n) is 1.81. The lowest BCUT2D eigenvalue weighted by Gasteiger charge is -2.09. The standard InChI is InChI=1S/C16H14Cl2N2O3/c1-23-12-4-2-3-10(7-12)16(22)19-9-15(21)20-14-6-5-11(17)8-13(14)18/h2-8H,9H2,1H3,(H,19,22)(H,20,21). The Bertz CT molecular complexity index is 735. The second-order valence-corrected chi connectivity index (χ2v) is 5.43. The lowest BCUT2D eigenvalue weighted by molar-refractivity contribution is -0.115. The maximum Gasteiger partial charge on any atom is 0.251 e. The number of amides is 2. The van der Waals surface area contributed by atoms with Crippen LogP contribution in [0.5, 0.6) is 5.75 Å². The van der Waals surface area contributed by atoms with Crippen LogP contribution in [-0.2, 0) is 4.79 Å². The van der Waals surface area contributed by atoms with E-state index in [4.69, 9.17) is 27.9 Å². The molecule has 0 saturated heterocycles. The van der Waals surface area contributed by atoms with E-state index in [1.54, 1.807) is 36.4 Å². The van der Waals surface area contributed by atoms with E-state index in [0.29, 0.717) is 27.0 Å². The number of halogens is 2. The maximum absolute atomic E-state index is 12.0. The van der Waals surface area contributed by atoms with Gasteiger partial charge in [0.1, 0.15) is 5.75 Å². The van der Waals surface area contributed by atoms with Gasteiger partial charge in [-0.25, -0.2) is 0 Å². The largest absolute Gasteiger partial charge is 0.497 e. The van der Waals surface area contributed by atoms with Gasteiger partial charge in [-0.15, -0.1) is 0 Å². The predicted octanol–water partition coefficient (Wildman–Crippen LogP) is 3.37. The summed E-state index contributed by atoms with van der Waals surface area (Å²) in [7, 11) is 1.51. The Hall–Kier alpha value is -2.24. The first kappa shape index (κ1) is 17.1. The van der Waals surface area contributed by atoms with Crippen molar-refractivity contribution in [2.75, 3.05) is 19.0 Å². The molecule has 5 nitrogen and oxygen atoms in total. The molecule has 0 spiro atoms. The van der Waals surface area contributed by atoms with Gasteiger partial charge in [0.15, 0.2) is 0 Å². The molecule has 0 aliphatic rings. The Labute approximate surface area is 143 Å². The number of methoxy groups -OCH3 is 1. The maximum atomic E-state index is 12.0. The fourth-order valence-corrected chi connectivity index (χ4v) is 2.27. The number of nitrogens with one attached hydrogen (secondary N) is 2. The first-order valence-corrected chi connectivity index (χ1v) is 7.42. The van der Waals surface area contributed by atoms with Crippen LogP contribution in [0.2, 0.25) is 10.0 Å². The smallest absolute Gasteiger partial charge is 0.251 e. The summed E-state index contributed by atoms with van der Waals surface area (Å²) in [5.74, 6) is -0.207. The van der Waals surface area contributed by atoms with Gasteiger partial charge in [-0.05, 0) is 36.4 Å². The fraction of sp³-hybridized carbons (Fsp3) is 0.125. The number of ether oxygens (including phenoxy) is 1. The Morgan fingerprint density at radius 1 is 1.13 bits per heavy atom. The van der Waals surface area contributed by atoms with Crippen molar-refractivity contribution in [2.24, 2.45) is 0 Å². The normalized spacial score (nSPS) is 10.0. The number of hydrogen-bond donors (Lipinski definition) is 2. The Kier molecular flexibility index (Phi) is 5.84. The summed E-state index contributed by atoms with van der Waals surface area (Å²) in [4.78, 5) is 23.9. The van der Waals surface area contributed by atoms with E-state index in [2.05, 4.69) is 10.6 Å². The summed E-state index contributed by atoms with van der Waals surface area (Å²) in [6.07, 6.45) is 0. The summed E-state index contributed by atoms with van der Waals surface area (Å²) in [6, 6.07) is 11.4. The Morgan fingerprint density at radius 3 is 2.61 bits per heavy atom. The van der Waals surface area contributed by atoms with Crippen LogP contribution in [0.4, 0.5) is 5.69 Å². The predicted molar refractivity (Wildman–Crippen MR) is 90.4 cm³/mol. The van der Waals surface area contributed by atoms with Gasteiger partial charge in [-0.1, -0.05) is 29.3 Å². The summed E-state index contributed by atoms with van der Waals surface area (Å²) in [5.41, 5.74) is 0.832. The third-order valence-corrected chi connectivity index (χ3v) is 3.49. The molecule has 0 radical (unpaired) electrons. The monoisotopic (exact) mass is 352 g/mol. The van der Waals surface area contributed by atoms with Crippen LogP contribution in [0.1, 0.15) is 10.4 Å². The van der Waals surface area contributed by atoms with Crippen molar-refractivity contribution in [3.63, 3.8) is 0 Å². The highest BCUT2D eigenvalue weighted by Gasteiger charge is 2.10. The van der Waals surface area contributed by atoms with Gasteiger partial charge in [0, 0.05) is 10.6 Å². The first-order valence-electron chi connectivity index (χ1n) is 6.67. The summed E-state index contributed by atoms with van der Waals surface area (Å²) < 4.78 is 5.05. The van der Waals surface area contributed by atoms with Crippen molar-refractivity contribution in [2.45, 2.75) is 0 Å². The van der Waals surface area contributed by atoms with Gasteiger partial charge in [0.2, 0.25) is 5.91 Å². The molecular weight excluding hydrogens is 339 g/mol. The molecule has 0 bridgehead atoms. The molecule has 23 heavy (non-hydrogen) atoms. The van der Waals surface area contributed by atoms with Gasteiger partial charge in [-0.3, -0.25) is 9.59 Å². The van der Waals surface area contributed by atoms with Crippen LogP contribution < -0.4 is 15.4 Å². The molecule has 0 saturated carbocycles. The highest BCUT2D eigenvalue weighted by atomic mass is 35.5. The van der Waals surface area contributed by atoms with Gasteiger partial charge in [-0.2, -0.15) is 0 Å². The van der Waals surface area contributed by atoms with Gasteiger partial charge >= 0.3 is 0 Å². The molecule has 2 aromatic carbocycles. The lowest BCUT2D eigenvalue weighted by Crippen LogP contribution is -2.32. The second-order valence-electron chi connectivity index (χ2n) is 4.59.